The molecule has 1 aromatic carbocycles. The zero-order valence-electron chi connectivity index (χ0n) is 11.3. The first-order chi connectivity index (χ1) is 9.63. The summed E-state index contributed by atoms with van der Waals surface area (Å²) in [6.45, 7) is 4.37. The molecule has 2 aromatic heterocycles. The van der Waals surface area contributed by atoms with Crippen molar-refractivity contribution in [3.63, 3.8) is 0 Å². The molecule has 102 valence electrons. The maximum Gasteiger partial charge on any atom is 0.223 e. The predicted molar refractivity (Wildman–Crippen MR) is 80.8 cm³/mol. The van der Waals surface area contributed by atoms with Crippen LogP contribution < -0.4 is 5.73 Å². The molecule has 3 aromatic rings. The molecule has 5 nitrogen and oxygen atoms in total. The molecular weight excluding hydrogens is 270 g/mol. The molecule has 0 saturated carbocycles. The lowest BCUT2D eigenvalue weighted by Gasteiger charge is -2.07. The van der Waals surface area contributed by atoms with Crippen molar-refractivity contribution >= 4 is 28.7 Å². The molecule has 20 heavy (non-hydrogen) atoms. The number of nitrogens with zero attached hydrogens (tertiary/aromatic N) is 3. The molecule has 0 aliphatic carbocycles. The summed E-state index contributed by atoms with van der Waals surface area (Å²) in [6, 6.07) is 8.49. The first kappa shape index (κ1) is 12.9. The average Bonchev–Trinajstić information content (AvgIpc) is 2.87. The van der Waals surface area contributed by atoms with Crippen LogP contribution in [0.15, 0.2) is 40.4 Å². The van der Waals surface area contributed by atoms with Gasteiger partial charge in [0.2, 0.25) is 5.95 Å². The summed E-state index contributed by atoms with van der Waals surface area (Å²) < 4.78 is 0. The number of fused-ring (bicyclic) bond motifs is 1. The summed E-state index contributed by atoms with van der Waals surface area (Å²) in [5, 5.41) is 8.51. The molecule has 0 spiro atoms. The van der Waals surface area contributed by atoms with E-state index in [1.807, 2.05) is 0 Å². The first-order valence-electron chi connectivity index (χ1n) is 6.38. The second-order valence-electron chi connectivity index (χ2n) is 4.85. The number of hydrogen-bond donors (Lipinski definition) is 2. The van der Waals surface area contributed by atoms with Crippen molar-refractivity contribution in [3.05, 3.63) is 36.0 Å². The van der Waals surface area contributed by atoms with Crippen molar-refractivity contribution in [2.75, 3.05) is 5.73 Å². The van der Waals surface area contributed by atoms with E-state index in [9.17, 15) is 0 Å². The molecule has 0 radical (unpaired) electrons. The minimum atomic E-state index is 0.253. The Bertz CT molecular complexity index is 733. The number of aromatic nitrogens is 4. The highest BCUT2D eigenvalue weighted by molar-refractivity contribution is 7.99. The van der Waals surface area contributed by atoms with Crippen molar-refractivity contribution in [1.29, 1.82) is 0 Å². The van der Waals surface area contributed by atoms with E-state index in [0.29, 0.717) is 11.6 Å². The van der Waals surface area contributed by atoms with Crippen LogP contribution in [0.25, 0.3) is 11.0 Å². The van der Waals surface area contributed by atoms with E-state index in [0.717, 1.165) is 15.3 Å². The number of H-pyrrole nitrogens is 1. The van der Waals surface area contributed by atoms with Gasteiger partial charge in [-0.15, -0.1) is 0 Å². The molecule has 0 aliphatic heterocycles. The largest absolute Gasteiger partial charge is 0.368 e. The summed E-state index contributed by atoms with van der Waals surface area (Å²) in [5.41, 5.74) is 7.71. The maximum absolute atomic E-state index is 5.72. The number of aromatic amines is 1. The molecule has 0 amide bonds. The van der Waals surface area contributed by atoms with Crippen LogP contribution in [0.4, 0.5) is 5.95 Å². The van der Waals surface area contributed by atoms with E-state index in [1.165, 1.54) is 5.56 Å². The normalized spacial score (nSPS) is 11.3. The Morgan fingerprint density at radius 1 is 1.15 bits per heavy atom. The molecule has 0 saturated heterocycles. The molecular formula is C14H15N5S. The van der Waals surface area contributed by atoms with Crippen LogP contribution in [-0.4, -0.2) is 20.2 Å². The Labute approximate surface area is 121 Å². The molecule has 2 heterocycles. The minimum Gasteiger partial charge on any atom is -0.368 e. The highest BCUT2D eigenvalue weighted by Crippen LogP contribution is 2.31. The van der Waals surface area contributed by atoms with Gasteiger partial charge in [-0.3, -0.25) is 5.10 Å². The van der Waals surface area contributed by atoms with Crippen LogP contribution >= 0.6 is 11.8 Å². The van der Waals surface area contributed by atoms with Gasteiger partial charge in [0.1, 0.15) is 5.03 Å². The lowest BCUT2D eigenvalue weighted by atomic mass is 10.0. The van der Waals surface area contributed by atoms with Crippen LogP contribution in [0, 0.1) is 0 Å². The van der Waals surface area contributed by atoms with Crippen LogP contribution in [0.5, 0.6) is 0 Å². The van der Waals surface area contributed by atoms with Gasteiger partial charge in [-0.2, -0.15) is 10.1 Å². The maximum atomic E-state index is 5.72. The third kappa shape index (κ3) is 2.46. The molecule has 3 rings (SSSR count). The summed E-state index contributed by atoms with van der Waals surface area (Å²) >= 11 is 1.57. The van der Waals surface area contributed by atoms with Crippen LogP contribution in [0.3, 0.4) is 0 Å². The van der Waals surface area contributed by atoms with Gasteiger partial charge in [-0.1, -0.05) is 37.7 Å². The van der Waals surface area contributed by atoms with Gasteiger partial charge in [-0.05, 0) is 23.6 Å². The van der Waals surface area contributed by atoms with E-state index >= 15 is 0 Å². The Morgan fingerprint density at radius 2 is 1.90 bits per heavy atom. The number of hydrogen-bond acceptors (Lipinski definition) is 5. The summed E-state index contributed by atoms with van der Waals surface area (Å²) in [6.07, 6.45) is 1.72. The minimum absolute atomic E-state index is 0.253. The van der Waals surface area contributed by atoms with Gasteiger partial charge < -0.3 is 5.73 Å². The standard InChI is InChI=1S/C14H15N5S/c1-8(2)9-3-5-10(6-4-9)20-13-11-7-16-19-12(11)17-14(15)18-13/h3-8H,1-2H3,(H3,15,16,17,18,19). The second-order valence-corrected chi connectivity index (χ2v) is 5.91. The fraction of sp³-hybridized carbons (Fsp3) is 0.214. The van der Waals surface area contributed by atoms with E-state index in [-0.39, 0.29) is 5.95 Å². The number of nitrogens with two attached hydrogens (primary N) is 1. The van der Waals surface area contributed by atoms with Crippen molar-refractivity contribution in [2.45, 2.75) is 29.7 Å². The lowest BCUT2D eigenvalue weighted by Crippen LogP contribution is -1.96. The second kappa shape index (κ2) is 5.13. The summed E-state index contributed by atoms with van der Waals surface area (Å²) in [5.74, 6) is 0.785. The van der Waals surface area contributed by atoms with Gasteiger partial charge in [0, 0.05) is 4.90 Å². The van der Waals surface area contributed by atoms with Gasteiger partial charge in [0.05, 0.1) is 11.6 Å². The number of nitrogen functional groups attached to an aromatic ring is 1. The molecule has 3 N–H and O–H groups in total. The quantitative estimate of drug-likeness (QED) is 0.722. The highest BCUT2D eigenvalue weighted by Gasteiger charge is 2.10. The Hall–Kier alpha value is -2.08. The van der Waals surface area contributed by atoms with Crippen molar-refractivity contribution < 1.29 is 0 Å². The van der Waals surface area contributed by atoms with Crippen molar-refractivity contribution in [1.82, 2.24) is 20.2 Å². The summed E-state index contributed by atoms with van der Waals surface area (Å²) in [4.78, 5) is 9.53. The van der Waals surface area contributed by atoms with Gasteiger partial charge in [0.15, 0.2) is 5.65 Å². The zero-order chi connectivity index (χ0) is 14.1. The molecule has 0 atom stereocenters. The third-order valence-electron chi connectivity index (χ3n) is 3.05. The van der Waals surface area contributed by atoms with Crippen LogP contribution in [0.2, 0.25) is 0 Å². The van der Waals surface area contributed by atoms with Gasteiger partial charge in [-0.25, -0.2) is 4.98 Å². The van der Waals surface area contributed by atoms with E-state index in [2.05, 4.69) is 58.3 Å². The van der Waals surface area contributed by atoms with E-state index in [1.54, 1.807) is 18.0 Å². The number of anilines is 1. The average molecular weight is 285 g/mol. The third-order valence-corrected chi connectivity index (χ3v) is 4.07. The van der Waals surface area contributed by atoms with Crippen LogP contribution in [0.1, 0.15) is 25.3 Å². The van der Waals surface area contributed by atoms with Crippen molar-refractivity contribution in [2.24, 2.45) is 0 Å². The molecule has 0 aliphatic rings. The fourth-order valence-corrected chi connectivity index (χ4v) is 2.83. The summed E-state index contributed by atoms with van der Waals surface area (Å²) in [7, 11) is 0. The lowest BCUT2D eigenvalue weighted by molar-refractivity contribution is 0.865. The Kier molecular flexibility index (Phi) is 3.31. The monoisotopic (exact) mass is 285 g/mol. The van der Waals surface area contributed by atoms with E-state index in [4.69, 9.17) is 5.73 Å². The topological polar surface area (TPSA) is 80.5 Å². The molecule has 6 heteroatoms. The molecule has 0 fully saturated rings. The molecule has 0 unspecified atom stereocenters. The Morgan fingerprint density at radius 3 is 2.60 bits per heavy atom. The van der Waals surface area contributed by atoms with E-state index < -0.39 is 0 Å². The van der Waals surface area contributed by atoms with Gasteiger partial charge >= 0.3 is 0 Å². The highest BCUT2D eigenvalue weighted by atomic mass is 32.2. The fourth-order valence-electron chi connectivity index (χ4n) is 1.94. The molecule has 0 bridgehead atoms. The predicted octanol–water partition coefficient (Wildman–Crippen LogP) is 3.21. The SMILES string of the molecule is CC(C)c1ccc(Sc2nc(N)nc3[nH]ncc23)cc1. The number of benzene rings is 1. The van der Waals surface area contributed by atoms with Gasteiger partial charge in [0.25, 0.3) is 0 Å². The number of rotatable bonds is 3. The van der Waals surface area contributed by atoms with Crippen LogP contribution in [-0.2, 0) is 0 Å². The van der Waals surface area contributed by atoms with Crippen molar-refractivity contribution in [3.8, 4) is 0 Å². The smallest absolute Gasteiger partial charge is 0.223 e. The number of nitrogens with one attached hydrogen (secondary N) is 1. The first-order valence-corrected chi connectivity index (χ1v) is 7.19. The Balaban J connectivity index is 1.94. The zero-order valence-corrected chi connectivity index (χ0v) is 12.1.